The molecule has 0 aliphatic carbocycles. The molecule has 12 heavy (non-hydrogen) atoms. The second-order valence-corrected chi connectivity index (χ2v) is 4.11. The van der Waals surface area contributed by atoms with Crippen molar-refractivity contribution in [1.29, 1.82) is 0 Å². The third kappa shape index (κ3) is 2.67. The Morgan fingerprint density at radius 1 is 1.42 bits per heavy atom. The van der Waals surface area contributed by atoms with Gasteiger partial charge in [-0.2, -0.15) is 0 Å². The van der Waals surface area contributed by atoms with Gasteiger partial charge >= 0.3 is 0 Å². The van der Waals surface area contributed by atoms with E-state index in [4.69, 9.17) is 0 Å². The Morgan fingerprint density at radius 3 is 2.25 bits per heavy atom. The van der Waals surface area contributed by atoms with Crippen LogP contribution in [0.2, 0.25) is 0 Å². The summed E-state index contributed by atoms with van der Waals surface area (Å²) in [6.07, 6.45) is 2.25. The van der Waals surface area contributed by atoms with Gasteiger partial charge in [-0.3, -0.25) is 9.48 Å². The lowest BCUT2D eigenvalue weighted by Gasteiger charge is -2.17. The normalized spacial score (nSPS) is 17.3. The van der Waals surface area contributed by atoms with E-state index in [0.717, 1.165) is 6.54 Å². The van der Waals surface area contributed by atoms with Crippen molar-refractivity contribution in [2.45, 2.75) is 33.2 Å². The van der Waals surface area contributed by atoms with Crippen LogP contribution in [0.3, 0.4) is 0 Å². The average Bonchev–Trinajstić information content (AvgIpc) is 2.32. The molecule has 1 rings (SSSR count). The van der Waals surface area contributed by atoms with Gasteiger partial charge in [-0.1, -0.05) is 0 Å². The molecule has 0 aromatic carbocycles. The number of likely N-dealkylation sites (N-methyl/N-ethyl adjacent to an activating group) is 1. The van der Waals surface area contributed by atoms with Crippen molar-refractivity contribution in [3.8, 4) is 0 Å². The van der Waals surface area contributed by atoms with Crippen LogP contribution in [0.5, 0.6) is 0 Å². The van der Waals surface area contributed by atoms with Gasteiger partial charge in [0.05, 0.1) is 12.1 Å². The second kappa shape index (κ2) is 4.13. The molecule has 3 heteroatoms. The minimum Gasteiger partial charge on any atom is -1.00 e. The van der Waals surface area contributed by atoms with Gasteiger partial charge in [0.25, 0.3) is 0 Å². The summed E-state index contributed by atoms with van der Waals surface area (Å²) in [5, 5.41) is 0. The summed E-state index contributed by atoms with van der Waals surface area (Å²) in [4.78, 5) is 2.35. The summed E-state index contributed by atoms with van der Waals surface area (Å²) in [6, 6.07) is 0. The zero-order valence-corrected chi connectivity index (χ0v) is 9.23. The molecular weight excluding hydrogens is 172 g/mol. The quantitative estimate of drug-likeness (QED) is 0.441. The van der Waals surface area contributed by atoms with Gasteiger partial charge in [-0.05, 0) is 27.7 Å². The summed E-state index contributed by atoms with van der Waals surface area (Å²) in [5.41, 5.74) is 0.296. The van der Waals surface area contributed by atoms with Crippen LogP contribution in [-0.2, 0) is 0 Å². The van der Waals surface area contributed by atoms with Gasteiger partial charge in [0, 0.05) is 0 Å². The number of nitrogens with zero attached hydrogens (tertiary/aromatic N) is 2. The van der Waals surface area contributed by atoms with Crippen LogP contribution in [0.1, 0.15) is 27.7 Å². The fourth-order valence-corrected chi connectivity index (χ4v) is 1.30. The third-order valence-electron chi connectivity index (χ3n) is 2.20. The molecule has 0 saturated carbocycles. The van der Waals surface area contributed by atoms with Crippen molar-refractivity contribution in [3.63, 3.8) is 0 Å². The lowest BCUT2D eigenvalue weighted by Crippen LogP contribution is -3.00. The van der Waals surface area contributed by atoms with Gasteiger partial charge in [0.1, 0.15) is 13.1 Å². The Hall–Kier alpha value is -0.240. The molecule has 0 unspecified atom stereocenters. The van der Waals surface area contributed by atoms with E-state index in [1.54, 1.807) is 0 Å². The van der Waals surface area contributed by atoms with Crippen LogP contribution in [0.15, 0.2) is 0 Å². The summed E-state index contributed by atoms with van der Waals surface area (Å²) in [7, 11) is 0. The molecule has 2 nitrogen and oxygen atoms in total. The van der Waals surface area contributed by atoms with E-state index in [9.17, 15) is 0 Å². The first kappa shape index (κ1) is 11.8. The number of halogens is 1. The van der Waals surface area contributed by atoms with E-state index < -0.39 is 0 Å². The Bertz CT molecular complexity index is 170. The highest BCUT2D eigenvalue weighted by Gasteiger charge is 2.26. The second-order valence-electron chi connectivity index (χ2n) is 4.11. The van der Waals surface area contributed by atoms with Crippen LogP contribution >= 0.6 is 0 Å². The number of rotatable bonds is 1. The predicted octanol–water partition coefficient (Wildman–Crippen LogP) is -1.83. The molecule has 1 heterocycles. The molecule has 0 fully saturated rings. The Morgan fingerprint density at radius 2 is 2.00 bits per heavy atom. The summed E-state index contributed by atoms with van der Waals surface area (Å²) >= 11 is 0. The summed E-state index contributed by atoms with van der Waals surface area (Å²) in [6.45, 7) is 12.5. The molecule has 0 aromatic heterocycles. The first-order chi connectivity index (χ1) is 5.04. The van der Waals surface area contributed by atoms with Gasteiger partial charge in [-0.25, -0.2) is 0 Å². The number of hydrogen-bond acceptors (Lipinski definition) is 1. The SMILES string of the molecule is CCN1C=[N+](C(C)(C)C)CC1.[Cl-]. The highest BCUT2D eigenvalue weighted by atomic mass is 35.5. The van der Waals surface area contributed by atoms with E-state index in [0.29, 0.717) is 5.54 Å². The zero-order chi connectivity index (χ0) is 8.48. The Balaban J connectivity index is 0.00000121. The Labute approximate surface area is 81.7 Å². The predicted molar refractivity (Wildman–Crippen MR) is 48.2 cm³/mol. The maximum Gasteiger partial charge on any atom is 0.234 e. The molecule has 1 aliphatic rings. The van der Waals surface area contributed by atoms with E-state index in [2.05, 4.69) is 43.5 Å². The van der Waals surface area contributed by atoms with Crippen LogP contribution in [0.25, 0.3) is 0 Å². The standard InChI is InChI=1S/C9H19N2.ClH/c1-5-10-6-7-11(8-10)9(2,3)4;/h8H,5-7H2,1-4H3;1H/q+1;/p-1. The lowest BCUT2D eigenvalue weighted by molar-refractivity contribution is -0.584. The first-order valence-electron chi connectivity index (χ1n) is 4.40. The van der Waals surface area contributed by atoms with Crippen molar-refractivity contribution >= 4 is 6.34 Å². The zero-order valence-electron chi connectivity index (χ0n) is 8.47. The minimum absolute atomic E-state index is 0. The summed E-state index contributed by atoms with van der Waals surface area (Å²) in [5.74, 6) is 0. The van der Waals surface area contributed by atoms with Crippen molar-refractivity contribution < 1.29 is 17.0 Å². The third-order valence-corrected chi connectivity index (χ3v) is 2.20. The highest BCUT2D eigenvalue weighted by Crippen LogP contribution is 2.09. The monoisotopic (exact) mass is 190 g/mol. The molecule has 0 bridgehead atoms. The molecule has 0 amide bonds. The van der Waals surface area contributed by atoms with Crippen LogP contribution in [0, 0.1) is 0 Å². The molecule has 1 aliphatic heterocycles. The fourth-order valence-electron chi connectivity index (χ4n) is 1.30. The maximum absolute atomic E-state index is 2.40. The van der Waals surface area contributed by atoms with Crippen molar-refractivity contribution in [3.05, 3.63) is 0 Å². The van der Waals surface area contributed by atoms with Gasteiger partial charge < -0.3 is 12.4 Å². The molecular formula is C9H19ClN2. The van der Waals surface area contributed by atoms with Gasteiger partial charge in [0.15, 0.2) is 0 Å². The molecule has 72 valence electrons. The van der Waals surface area contributed by atoms with Crippen LogP contribution in [-0.4, -0.2) is 41.0 Å². The van der Waals surface area contributed by atoms with E-state index >= 15 is 0 Å². The molecule has 0 N–H and O–H groups in total. The fraction of sp³-hybridized carbons (Fsp3) is 0.889. The first-order valence-corrected chi connectivity index (χ1v) is 4.40. The smallest absolute Gasteiger partial charge is 0.234 e. The van der Waals surface area contributed by atoms with Gasteiger partial charge in [-0.15, -0.1) is 0 Å². The van der Waals surface area contributed by atoms with E-state index in [1.807, 2.05) is 0 Å². The van der Waals surface area contributed by atoms with E-state index in [-0.39, 0.29) is 12.4 Å². The van der Waals surface area contributed by atoms with E-state index in [1.165, 1.54) is 13.1 Å². The highest BCUT2D eigenvalue weighted by molar-refractivity contribution is 5.50. The lowest BCUT2D eigenvalue weighted by atomic mass is 10.1. The minimum atomic E-state index is 0. The van der Waals surface area contributed by atoms with Crippen LogP contribution in [0.4, 0.5) is 0 Å². The van der Waals surface area contributed by atoms with Crippen molar-refractivity contribution in [2.75, 3.05) is 19.6 Å². The molecule has 0 atom stereocenters. The van der Waals surface area contributed by atoms with Crippen LogP contribution < -0.4 is 12.4 Å². The number of hydrogen-bond donors (Lipinski definition) is 0. The van der Waals surface area contributed by atoms with Crippen molar-refractivity contribution in [1.82, 2.24) is 4.90 Å². The average molecular weight is 191 g/mol. The topological polar surface area (TPSA) is 6.25 Å². The Kier molecular flexibility index (Phi) is 4.04. The summed E-state index contributed by atoms with van der Waals surface area (Å²) < 4.78 is 2.40. The largest absolute Gasteiger partial charge is 1.00 e. The maximum atomic E-state index is 2.40. The van der Waals surface area contributed by atoms with Crippen molar-refractivity contribution in [2.24, 2.45) is 0 Å². The molecule has 0 radical (unpaired) electrons. The molecule has 0 spiro atoms. The van der Waals surface area contributed by atoms with Gasteiger partial charge in [0.2, 0.25) is 6.34 Å². The molecule has 0 aromatic rings. The molecule has 0 saturated heterocycles.